The van der Waals surface area contributed by atoms with Crippen molar-refractivity contribution >= 4 is 39.9 Å². The number of rotatable bonds is 6. The van der Waals surface area contributed by atoms with Gasteiger partial charge in [0.2, 0.25) is 5.91 Å². The number of nitrogen functional groups attached to an aromatic ring is 1. The Kier molecular flexibility index (Phi) is 6.20. The molecule has 3 aromatic rings. The minimum atomic E-state index is -0.128. The van der Waals surface area contributed by atoms with Crippen LogP contribution in [-0.4, -0.2) is 64.3 Å². The first-order valence-electron chi connectivity index (χ1n) is 9.93. The number of fused-ring (bicyclic) bond motifs is 1. The number of aromatic nitrogens is 2. The molecule has 1 aliphatic rings. The van der Waals surface area contributed by atoms with E-state index in [1.807, 2.05) is 40.6 Å². The number of hydrogen-bond donors (Lipinski definition) is 2. The second-order valence-electron chi connectivity index (χ2n) is 7.18. The average Bonchev–Trinajstić information content (AvgIpc) is 3.29. The maximum atomic E-state index is 12.4. The van der Waals surface area contributed by atoms with Crippen LogP contribution in [0.4, 0.5) is 5.82 Å². The Hall–Kier alpha value is -3.04. The molecule has 156 valence electrons. The van der Waals surface area contributed by atoms with E-state index in [9.17, 15) is 9.59 Å². The molecule has 3 heterocycles. The lowest BCUT2D eigenvalue weighted by atomic mass is 10.2. The number of para-hydroxylation sites is 1. The Bertz CT molecular complexity index is 1030. The van der Waals surface area contributed by atoms with Crippen molar-refractivity contribution in [1.29, 1.82) is 0 Å². The summed E-state index contributed by atoms with van der Waals surface area (Å²) >= 11 is 1.39. The first-order chi connectivity index (χ1) is 14.6. The van der Waals surface area contributed by atoms with Gasteiger partial charge in [0, 0.05) is 44.5 Å². The number of nitrogens with two attached hydrogens (primary N) is 1. The lowest BCUT2D eigenvalue weighted by molar-refractivity contribution is -0.132. The van der Waals surface area contributed by atoms with Crippen LogP contribution in [0.2, 0.25) is 0 Å². The van der Waals surface area contributed by atoms with Crippen LogP contribution < -0.4 is 11.1 Å². The van der Waals surface area contributed by atoms with Gasteiger partial charge in [0.05, 0.1) is 16.9 Å². The second-order valence-corrected chi connectivity index (χ2v) is 8.13. The van der Waals surface area contributed by atoms with E-state index in [0.29, 0.717) is 49.1 Å². The fourth-order valence-electron chi connectivity index (χ4n) is 3.51. The minimum absolute atomic E-state index is 0.0623. The highest BCUT2D eigenvalue weighted by atomic mass is 32.1. The van der Waals surface area contributed by atoms with Crippen LogP contribution >= 0.6 is 11.3 Å². The molecule has 1 saturated heterocycles. The van der Waals surface area contributed by atoms with Crippen molar-refractivity contribution in [3.63, 3.8) is 0 Å². The van der Waals surface area contributed by atoms with Crippen molar-refractivity contribution in [2.75, 3.05) is 38.5 Å². The summed E-state index contributed by atoms with van der Waals surface area (Å²) in [5.74, 6) is 1.13. The highest BCUT2D eigenvalue weighted by Gasteiger charge is 2.22. The van der Waals surface area contributed by atoms with Crippen LogP contribution in [0.1, 0.15) is 21.9 Å². The van der Waals surface area contributed by atoms with Gasteiger partial charge >= 0.3 is 0 Å². The molecule has 2 amide bonds. The first-order valence-corrected chi connectivity index (χ1v) is 10.8. The molecule has 0 atom stereocenters. The molecule has 1 aliphatic heterocycles. The highest BCUT2D eigenvalue weighted by molar-refractivity contribution is 7.12. The molecule has 3 N–H and O–H groups in total. The maximum Gasteiger partial charge on any atom is 0.261 e. The van der Waals surface area contributed by atoms with Crippen LogP contribution in [0, 0.1) is 0 Å². The van der Waals surface area contributed by atoms with E-state index in [2.05, 4.69) is 20.2 Å². The number of piperazine rings is 1. The van der Waals surface area contributed by atoms with Crippen molar-refractivity contribution < 1.29 is 9.59 Å². The summed E-state index contributed by atoms with van der Waals surface area (Å²) in [7, 11) is 0. The fraction of sp³-hybridized carbons (Fsp3) is 0.333. The third-order valence-corrected chi connectivity index (χ3v) is 6.01. The number of carbonyl (C=O) groups is 2. The summed E-state index contributed by atoms with van der Waals surface area (Å²) in [4.78, 5) is 38.2. The quantitative estimate of drug-likeness (QED) is 0.625. The molecule has 1 fully saturated rings. The maximum absolute atomic E-state index is 12.4. The van der Waals surface area contributed by atoms with Crippen molar-refractivity contribution in [3.05, 3.63) is 52.5 Å². The number of hydrogen-bond acceptors (Lipinski definition) is 7. The van der Waals surface area contributed by atoms with Gasteiger partial charge in [-0.2, -0.15) is 0 Å². The van der Waals surface area contributed by atoms with E-state index in [4.69, 9.17) is 5.73 Å². The predicted molar refractivity (Wildman–Crippen MR) is 117 cm³/mol. The first kappa shape index (κ1) is 20.2. The SMILES string of the molecule is Nc1nc(CN2CCN(C(=O)CCNC(=O)c3cccs3)CC2)nc2ccccc12. The van der Waals surface area contributed by atoms with E-state index >= 15 is 0 Å². The summed E-state index contributed by atoms with van der Waals surface area (Å²) in [6.45, 7) is 3.77. The zero-order valence-corrected chi connectivity index (χ0v) is 17.4. The predicted octanol–water partition coefficient (Wildman–Crippen LogP) is 1.74. The molecule has 0 bridgehead atoms. The molecule has 1 aromatic carbocycles. The standard InChI is InChI=1S/C21H24N6O2S/c22-20-15-4-1-2-5-16(15)24-18(25-20)14-26-9-11-27(12-10-26)19(28)7-8-23-21(29)17-6-3-13-30-17/h1-6,13H,7-12,14H2,(H,23,29)(H2,22,24,25). The smallest absolute Gasteiger partial charge is 0.261 e. The summed E-state index contributed by atoms with van der Waals surface area (Å²) in [6.07, 6.45) is 0.307. The highest BCUT2D eigenvalue weighted by Crippen LogP contribution is 2.18. The van der Waals surface area contributed by atoms with Gasteiger partial charge < -0.3 is 16.0 Å². The van der Waals surface area contributed by atoms with E-state index in [1.165, 1.54) is 11.3 Å². The van der Waals surface area contributed by atoms with Gasteiger partial charge in [-0.15, -0.1) is 11.3 Å². The van der Waals surface area contributed by atoms with E-state index in [0.717, 1.165) is 24.0 Å². The van der Waals surface area contributed by atoms with E-state index in [1.54, 1.807) is 6.07 Å². The summed E-state index contributed by atoms with van der Waals surface area (Å²) in [6, 6.07) is 11.3. The Morgan fingerprint density at radius 2 is 1.87 bits per heavy atom. The van der Waals surface area contributed by atoms with Crippen LogP contribution in [0.15, 0.2) is 41.8 Å². The van der Waals surface area contributed by atoms with Gasteiger partial charge in [0.25, 0.3) is 5.91 Å². The topological polar surface area (TPSA) is 104 Å². The molecule has 0 radical (unpaired) electrons. The van der Waals surface area contributed by atoms with Crippen molar-refractivity contribution in [2.24, 2.45) is 0 Å². The normalized spacial score (nSPS) is 14.7. The van der Waals surface area contributed by atoms with Gasteiger partial charge in [-0.25, -0.2) is 9.97 Å². The molecule has 8 nitrogen and oxygen atoms in total. The summed E-state index contributed by atoms with van der Waals surface area (Å²) in [5, 5.41) is 5.52. The van der Waals surface area contributed by atoms with Gasteiger partial charge in [-0.05, 0) is 23.6 Å². The van der Waals surface area contributed by atoms with Gasteiger partial charge in [0.1, 0.15) is 11.6 Å². The van der Waals surface area contributed by atoms with Gasteiger partial charge in [-0.1, -0.05) is 18.2 Å². The molecule has 30 heavy (non-hydrogen) atoms. The van der Waals surface area contributed by atoms with Gasteiger partial charge in [-0.3, -0.25) is 14.5 Å². The summed E-state index contributed by atoms with van der Waals surface area (Å²) < 4.78 is 0. The average molecular weight is 425 g/mol. The van der Waals surface area contributed by atoms with Crippen LogP contribution in [0.3, 0.4) is 0 Å². The third kappa shape index (κ3) is 4.74. The molecule has 0 aliphatic carbocycles. The molecular formula is C21H24N6O2S. The zero-order chi connectivity index (χ0) is 20.9. The Morgan fingerprint density at radius 3 is 2.63 bits per heavy atom. The number of nitrogens with one attached hydrogen (secondary N) is 1. The third-order valence-electron chi connectivity index (χ3n) is 5.14. The number of carbonyl (C=O) groups excluding carboxylic acids is 2. The number of nitrogens with zero attached hydrogens (tertiary/aromatic N) is 4. The number of amides is 2. The minimum Gasteiger partial charge on any atom is -0.383 e. The number of thiophene rings is 1. The van der Waals surface area contributed by atoms with E-state index < -0.39 is 0 Å². The van der Waals surface area contributed by atoms with Crippen LogP contribution in [0.5, 0.6) is 0 Å². The van der Waals surface area contributed by atoms with Gasteiger partial charge in [0.15, 0.2) is 0 Å². The molecule has 2 aromatic heterocycles. The monoisotopic (exact) mass is 424 g/mol. The fourth-order valence-corrected chi connectivity index (χ4v) is 4.15. The zero-order valence-electron chi connectivity index (χ0n) is 16.6. The van der Waals surface area contributed by atoms with Crippen molar-refractivity contribution in [2.45, 2.75) is 13.0 Å². The lowest BCUT2D eigenvalue weighted by Crippen LogP contribution is -2.49. The number of anilines is 1. The summed E-state index contributed by atoms with van der Waals surface area (Å²) in [5.41, 5.74) is 6.92. The van der Waals surface area contributed by atoms with Crippen LogP contribution in [-0.2, 0) is 11.3 Å². The lowest BCUT2D eigenvalue weighted by Gasteiger charge is -2.34. The second kappa shape index (κ2) is 9.19. The van der Waals surface area contributed by atoms with Crippen LogP contribution in [0.25, 0.3) is 10.9 Å². The largest absolute Gasteiger partial charge is 0.383 e. The number of benzene rings is 1. The Balaban J connectivity index is 1.24. The molecule has 0 spiro atoms. The Morgan fingerprint density at radius 1 is 1.07 bits per heavy atom. The Labute approximate surface area is 178 Å². The molecular weight excluding hydrogens is 400 g/mol. The molecule has 9 heteroatoms. The molecule has 0 unspecified atom stereocenters. The molecule has 0 saturated carbocycles. The van der Waals surface area contributed by atoms with Crippen molar-refractivity contribution in [3.8, 4) is 0 Å². The van der Waals surface area contributed by atoms with Crippen molar-refractivity contribution in [1.82, 2.24) is 25.1 Å². The molecule has 4 rings (SSSR count). The van der Waals surface area contributed by atoms with E-state index in [-0.39, 0.29) is 11.8 Å².